The first-order valence-electron chi connectivity index (χ1n) is 38.1. The summed E-state index contributed by atoms with van der Waals surface area (Å²) in [5, 5.41) is 0. The molecule has 2 nitrogen and oxygen atoms in total. The highest BCUT2D eigenvalue weighted by Crippen LogP contribution is 2.58. The van der Waals surface area contributed by atoms with Crippen LogP contribution in [0.3, 0.4) is 0 Å². The summed E-state index contributed by atoms with van der Waals surface area (Å²) in [4.78, 5) is 11.2. The number of fused-ring (bicyclic) bond motifs is 6. The van der Waals surface area contributed by atoms with Crippen molar-refractivity contribution >= 4 is 0 Å². The quantitative estimate of drug-likeness (QED) is 0.0370. The second kappa shape index (κ2) is 32.9. The molecule has 9 aromatic carbocycles. The van der Waals surface area contributed by atoms with E-state index in [9.17, 15) is 0 Å². The van der Waals surface area contributed by atoms with Crippen LogP contribution >= 0.6 is 0 Å². The van der Waals surface area contributed by atoms with Crippen LogP contribution in [0.2, 0.25) is 0 Å². The number of rotatable bonds is 35. The molecule has 0 bridgehead atoms. The zero-order valence-electron chi connectivity index (χ0n) is 59.3. The lowest BCUT2D eigenvalue weighted by Crippen LogP contribution is -2.25. The van der Waals surface area contributed by atoms with E-state index >= 15 is 0 Å². The van der Waals surface area contributed by atoms with Gasteiger partial charge >= 0.3 is 0 Å². The number of nitrogens with zero attached hydrogens (tertiary/aromatic N) is 2. The number of aryl methyl sites for hydroxylation is 2. The second-order valence-electron chi connectivity index (χ2n) is 29.0. The second-order valence-corrected chi connectivity index (χ2v) is 29.0. The molecule has 0 saturated carbocycles. The fraction of sp³-hybridized carbons (Fsp3) is 0.383. The largest absolute Gasteiger partial charge is 0.228 e. The fourth-order valence-electron chi connectivity index (χ4n) is 16.6. The number of hydrogen-bond acceptors (Lipinski definition) is 2. The van der Waals surface area contributed by atoms with Gasteiger partial charge in [0.15, 0.2) is 5.82 Å². The van der Waals surface area contributed by atoms with Crippen LogP contribution in [0.4, 0.5) is 0 Å². The van der Waals surface area contributed by atoms with E-state index in [1.165, 1.54) is 262 Å². The third-order valence-corrected chi connectivity index (χ3v) is 22.0. The van der Waals surface area contributed by atoms with E-state index in [2.05, 4.69) is 248 Å². The molecule has 2 aliphatic rings. The monoisotopic (exact) mass is 1260 g/mol. The number of unbranched alkanes of at least 4 members (excludes halogenated alkanes) is 20. The van der Waals surface area contributed by atoms with E-state index in [4.69, 9.17) is 9.97 Å². The third kappa shape index (κ3) is 15.6. The Balaban J connectivity index is 1.03. The van der Waals surface area contributed by atoms with Gasteiger partial charge in [0.2, 0.25) is 0 Å². The summed E-state index contributed by atoms with van der Waals surface area (Å²) in [5.41, 5.74) is 29.5. The maximum atomic E-state index is 5.58. The highest BCUT2D eigenvalue weighted by molar-refractivity contribution is 5.90. The van der Waals surface area contributed by atoms with Crippen molar-refractivity contribution in [3.8, 4) is 101 Å². The molecular formula is C94H108N2. The van der Waals surface area contributed by atoms with E-state index in [-0.39, 0.29) is 10.8 Å². The molecule has 0 saturated heterocycles. The van der Waals surface area contributed by atoms with Gasteiger partial charge in [-0.05, 0) is 171 Å². The zero-order chi connectivity index (χ0) is 66.1. The summed E-state index contributed by atoms with van der Waals surface area (Å²) in [6.45, 7) is 13.8. The van der Waals surface area contributed by atoms with Crippen LogP contribution in [0, 0.1) is 13.8 Å². The summed E-state index contributed by atoms with van der Waals surface area (Å²) in [6, 6.07) is 79.6. The Hall–Kier alpha value is -7.94. The highest BCUT2D eigenvalue weighted by Gasteiger charge is 2.44. The van der Waals surface area contributed by atoms with Crippen molar-refractivity contribution in [1.82, 2.24) is 9.97 Å². The average Bonchev–Trinajstić information content (AvgIpc) is 1.55. The third-order valence-electron chi connectivity index (χ3n) is 22.0. The minimum Gasteiger partial charge on any atom is -0.228 e. The van der Waals surface area contributed by atoms with Crippen molar-refractivity contribution in [3.63, 3.8) is 0 Å². The molecule has 0 fully saturated rings. The van der Waals surface area contributed by atoms with Gasteiger partial charge in [0, 0.05) is 27.5 Å². The van der Waals surface area contributed by atoms with E-state index in [1.54, 1.807) is 5.56 Å². The Labute approximate surface area is 579 Å². The van der Waals surface area contributed by atoms with Crippen LogP contribution in [0.5, 0.6) is 0 Å². The molecule has 2 heteroatoms. The standard InChI is InChI=1S/C94H108N2/c1-7-11-15-19-23-33-57-93(58-34-24-20-16-12-8-2)86-61-70(6)43-53-82(86)83-55-51-77(66-88(83)93)79-62-80(64-81(63-79)92-95-90(74-37-29-27-30-38-74)68-91(96-92)75-39-31-28-32-40-75)78-52-56-85-84-54-50-76(73-48-46-72(47-49-73)71-44-41-69(5)42-45-71)65-87(84)94(89(85)67-78,59-35-25-21-17-13-9-3)60-36-26-22-18-14-10-4/h27-32,37-56,61-68H,7-26,33-36,57-60H2,1-6H3. The van der Waals surface area contributed by atoms with Crippen LogP contribution < -0.4 is 0 Å². The minimum absolute atomic E-state index is 0.0462. The molecule has 1 heterocycles. The smallest absolute Gasteiger partial charge is 0.160 e. The Morgan fingerprint density at radius 2 is 0.521 bits per heavy atom. The maximum Gasteiger partial charge on any atom is 0.160 e. The van der Waals surface area contributed by atoms with Crippen molar-refractivity contribution in [2.75, 3.05) is 0 Å². The fourth-order valence-corrected chi connectivity index (χ4v) is 16.6. The van der Waals surface area contributed by atoms with E-state index in [0.717, 1.165) is 46.7 Å². The van der Waals surface area contributed by atoms with E-state index in [0.29, 0.717) is 0 Å². The van der Waals surface area contributed by atoms with Crippen LogP contribution in [-0.4, -0.2) is 9.97 Å². The van der Waals surface area contributed by atoms with Crippen LogP contribution in [0.25, 0.3) is 101 Å². The molecule has 0 amide bonds. The zero-order valence-corrected chi connectivity index (χ0v) is 59.3. The lowest BCUT2D eigenvalue weighted by Gasteiger charge is -2.33. The molecule has 12 rings (SSSR count). The van der Waals surface area contributed by atoms with Gasteiger partial charge in [0.05, 0.1) is 11.4 Å². The first-order chi connectivity index (χ1) is 47.2. The summed E-state index contributed by atoms with van der Waals surface area (Å²) in [6.07, 6.45) is 35.7. The van der Waals surface area contributed by atoms with Gasteiger partial charge in [0.25, 0.3) is 0 Å². The van der Waals surface area contributed by atoms with Gasteiger partial charge in [-0.25, -0.2) is 9.97 Å². The van der Waals surface area contributed by atoms with Crippen LogP contribution in [0.15, 0.2) is 206 Å². The predicted octanol–water partition coefficient (Wildman–Crippen LogP) is 28.3. The molecule has 0 atom stereocenters. The molecule has 0 spiro atoms. The van der Waals surface area contributed by atoms with Crippen molar-refractivity contribution in [1.29, 1.82) is 0 Å². The van der Waals surface area contributed by atoms with Crippen molar-refractivity contribution in [2.45, 2.75) is 232 Å². The van der Waals surface area contributed by atoms with Crippen LogP contribution in [-0.2, 0) is 10.8 Å². The Morgan fingerprint density at radius 3 is 0.906 bits per heavy atom. The normalized spacial score (nSPS) is 13.2. The Morgan fingerprint density at radius 1 is 0.229 bits per heavy atom. The lowest BCUT2D eigenvalue weighted by atomic mass is 9.69. The summed E-state index contributed by atoms with van der Waals surface area (Å²) in [5.74, 6) is 0.747. The van der Waals surface area contributed by atoms with Gasteiger partial charge in [-0.2, -0.15) is 0 Å². The molecule has 10 aromatic rings. The van der Waals surface area contributed by atoms with Crippen LogP contribution in [0.1, 0.15) is 241 Å². The first-order valence-corrected chi connectivity index (χ1v) is 38.1. The van der Waals surface area contributed by atoms with E-state index < -0.39 is 0 Å². The van der Waals surface area contributed by atoms with E-state index in [1.807, 2.05) is 0 Å². The molecular weight excluding hydrogens is 1160 g/mol. The first kappa shape index (κ1) is 68.0. The number of hydrogen-bond donors (Lipinski definition) is 0. The highest BCUT2D eigenvalue weighted by atomic mass is 14.9. The molecule has 1 aromatic heterocycles. The average molecular weight is 1270 g/mol. The number of aromatic nitrogens is 2. The molecule has 494 valence electrons. The van der Waals surface area contributed by atoms with Gasteiger partial charge in [-0.15, -0.1) is 0 Å². The van der Waals surface area contributed by atoms with Gasteiger partial charge in [0.1, 0.15) is 0 Å². The van der Waals surface area contributed by atoms with Gasteiger partial charge in [-0.1, -0.05) is 357 Å². The Kier molecular flexibility index (Phi) is 23.3. The molecule has 0 unspecified atom stereocenters. The summed E-state index contributed by atoms with van der Waals surface area (Å²) >= 11 is 0. The van der Waals surface area contributed by atoms with Gasteiger partial charge < -0.3 is 0 Å². The minimum atomic E-state index is -0.130. The van der Waals surface area contributed by atoms with Crippen molar-refractivity contribution in [3.05, 3.63) is 240 Å². The topological polar surface area (TPSA) is 25.8 Å². The van der Waals surface area contributed by atoms with Crippen molar-refractivity contribution < 1.29 is 0 Å². The molecule has 0 aliphatic heterocycles. The molecule has 0 radical (unpaired) electrons. The number of benzene rings is 9. The Bertz CT molecular complexity index is 4040. The lowest BCUT2D eigenvalue weighted by molar-refractivity contribution is 0.398. The molecule has 96 heavy (non-hydrogen) atoms. The molecule has 0 N–H and O–H groups in total. The SMILES string of the molecule is CCCCCCCCC1(CCCCCCCC)c2cc(C)ccc2-c2ccc(-c3cc(-c4ccc5c(c4)C(CCCCCCCC)(CCCCCCCC)c4cc(-c6ccc(-c7ccc(C)cc7)cc6)ccc4-5)cc(-c4nc(-c5ccccc5)cc(-c5ccccc5)n4)c3)cc21. The predicted molar refractivity (Wildman–Crippen MR) is 414 cm³/mol. The summed E-state index contributed by atoms with van der Waals surface area (Å²) in [7, 11) is 0. The molecule has 2 aliphatic carbocycles. The summed E-state index contributed by atoms with van der Waals surface area (Å²) < 4.78 is 0. The maximum absolute atomic E-state index is 5.58. The van der Waals surface area contributed by atoms with Gasteiger partial charge in [-0.3, -0.25) is 0 Å². The van der Waals surface area contributed by atoms with Crippen molar-refractivity contribution in [2.24, 2.45) is 0 Å².